The summed E-state index contributed by atoms with van der Waals surface area (Å²) in [5.74, 6) is 1.78. The lowest BCUT2D eigenvalue weighted by Crippen LogP contribution is -2.50. The monoisotopic (exact) mass is 436 g/mol. The number of rotatable bonds is 6. The van der Waals surface area contributed by atoms with E-state index in [9.17, 15) is 9.59 Å². The van der Waals surface area contributed by atoms with E-state index in [2.05, 4.69) is 41.4 Å². The van der Waals surface area contributed by atoms with E-state index in [0.717, 1.165) is 18.6 Å². The molecule has 10 nitrogen and oxygen atoms in total. The number of ether oxygens (including phenoxy) is 1. The second kappa shape index (κ2) is 11.0. The number of hydrogen-bond acceptors (Lipinski definition) is 6. The minimum Gasteiger partial charge on any atom is -0.450 e. The van der Waals surface area contributed by atoms with Gasteiger partial charge in [-0.1, -0.05) is 20.8 Å². The number of nitrogens with zero attached hydrogens (tertiary/aromatic N) is 4. The Morgan fingerprint density at radius 3 is 2.55 bits per heavy atom. The van der Waals surface area contributed by atoms with Crippen molar-refractivity contribution in [3.63, 3.8) is 0 Å². The minimum absolute atomic E-state index is 0.0306. The van der Waals surface area contributed by atoms with Crippen LogP contribution >= 0.6 is 0 Å². The summed E-state index contributed by atoms with van der Waals surface area (Å²) < 4.78 is 10.9. The number of carbonyl (C=O) groups excluding carboxylic acids is 2. The van der Waals surface area contributed by atoms with Crippen molar-refractivity contribution >= 4 is 18.0 Å². The van der Waals surface area contributed by atoms with Crippen LogP contribution in [-0.4, -0.2) is 79.1 Å². The number of amides is 2. The lowest BCUT2D eigenvalue weighted by atomic mass is 9.94. The minimum atomic E-state index is -0.275. The van der Waals surface area contributed by atoms with E-state index >= 15 is 0 Å². The highest BCUT2D eigenvalue weighted by Crippen LogP contribution is 2.22. The van der Waals surface area contributed by atoms with Gasteiger partial charge in [-0.3, -0.25) is 4.79 Å². The van der Waals surface area contributed by atoms with Crippen molar-refractivity contribution < 1.29 is 18.7 Å². The molecule has 0 aromatic carbocycles. The molecule has 0 bridgehead atoms. The van der Waals surface area contributed by atoms with Crippen molar-refractivity contribution in [1.29, 1.82) is 0 Å². The van der Waals surface area contributed by atoms with Crippen molar-refractivity contribution in [1.82, 2.24) is 25.4 Å². The second-order valence-corrected chi connectivity index (χ2v) is 8.78. The predicted octanol–water partition coefficient (Wildman–Crippen LogP) is 1.72. The van der Waals surface area contributed by atoms with Gasteiger partial charge in [-0.05, 0) is 19.8 Å². The number of aliphatic imine (C=N–C) groups is 1. The zero-order chi connectivity index (χ0) is 23.0. The topological polar surface area (TPSA) is 112 Å². The van der Waals surface area contributed by atoms with Gasteiger partial charge in [-0.15, -0.1) is 0 Å². The molecule has 0 spiro atoms. The van der Waals surface area contributed by atoms with Crippen LogP contribution in [-0.2, 0) is 21.5 Å². The van der Waals surface area contributed by atoms with E-state index < -0.39 is 0 Å². The number of likely N-dealkylation sites (tertiary alicyclic amines) is 1. The van der Waals surface area contributed by atoms with Gasteiger partial charge in [0.15, 0.2) is 5.96 Å². The number of oxazole rings is 1. The van der Waals surface area contributed by atoms with Crippen molar-refractivity contribution in [2.45, 2.75) is 58.5 Å². The van der Waals surface area contributed by atoms with Gasteiger partial charge in [0.1, 0.15) is 12.3 Å². The number of hydrogen-bond donors (Lipinski definition) is 2. The maximum absolute atomic E-state index is 12.0. The molecule has 0 atom stereocenters. The first-order chi connectivity index (χ1) is 14.6. The van der Waals surface area contributed by atoms with E-state index in [4.69, 9.17) is 9.15 Å². The van der Waals surface area contributed by atoms with Gasteiger partial charge in [0.2, 0.25) is 11.8 Å². The maximum atomic E-state index is 12.0. The Labute approximate surface area is 184 Å². The van der Waals surface area contributed by atoms with E-state index in [1.54, 1.807) is 32.1 Å². The van der Waals surface area contributed by atoms with Gasteiger partial charge in [-0.25, -0.2) is 14.8 Å². The molecule has 10 heteroatoms. The largest absolute Gasteiger partial charge is 0.450 e. The molecule has 1 aliphatic rings. The molecule has 1 saturated heterocycles. The molecule has 2 amide bonds. The third kappa shape index (κ3) is 7.76. The van der Waals surface area contributed by atoms with E-state index in [1.807, 2.05) is 0 Å². The first-order valence-electron chi connectivity index (χ1n) is 10.7. The summed E-state index contributed by atoms with van der Waals surface area (Å²) in [7, 11) is 3.40. The first-order valence-corrected chi connectivity index (χ1v) is 10.7. The molecule has 1 fully saturated rings. The number of nitrogens with one attached hydrogen (secondary N) is 2. The van der Waals surface area contributed by atoms with Gasteiger partial charge in [0, 0.05) is 38.6 Å². The first kappa shape index (κ1) is 24.5. The Balaban J connectivity index is 1.97. The molecule has 1 aromatic heterocycles. The molecule has 2 rings (SSSR count). The molecule has 0 aliphatic carbocycles. The molecule has 2 N–H and O–H groups in total. The van der Waals surface area contributed by atoms with Gasteiger partial charge in [0.25, 0.3) is 0 Å². The summed E-state index contributed by atoms with van der Waals surface area (Å²) >= 11 is 0. The Morgan fingerprint density at radius 1 is 1.32 bits per heavy atom. The van der Waals surface area contributed by atoms with Gasteiger partial charge in [0.05, 0.1) is 19.3 Å². The highest BCUT2D eigenvalue weighted by atomic mass is 16.6. The van der Waals surface area contributed by atoms with Crippen LogP contribution < -0.4 is 10.6 Å². The van der Waals surface area contributed by atoms with Crippen LogP contribution in [0.3, 0.4) is 0 Å². The fourth-order valence-corrected chi connectivity index (χ4v) is 2.95. The SMILES string of the molecule is CCOC(=O)N1CCC(NC(=NCC(=O)N(C)C)NCc2ncc(C(C)(C)C)o2)CC1. The molecule has 0 saturated carbocycles. The third-order valence-corrected chi connectivity index (χ3v) is 4.93. The lowest BCUT2D eigenvalue weighted by Gasteiger charge is -2.32. The van der Waals surface area contributed by atoms with Gasteiger partial charge >= 0.3 is 6.09 Å². The fourth-order valence-electron chi connectivity index (χ4n) is 2.95. The number of likely N-dealkylation sites (N-methyl/N-ethyl adjacent to an activating group) is 1. The van der Waals surface area contributed by atoms with E-state index in [1.165, 1.54) is 4.90 Å². The maximum Gasteiger partial charge on any atom is 0.409 e. The van der Waals surface area contributed by atoms with Crippen molar-refractivity contribution in [2.75, 3.05) is 40.3 Å². The van der Waals surface area contributed by atoms with Crippen LogP contribution in [0.2, 0.25) is 0 Å². The molecular weight excluding hydrogens is 400 g/mol. The second-order valence-electron chi connectivity index (χ2n) is 8.78. The van der Waals surface area contributed by atoms with Crippen LogP contribution in [0.5, 0.6) is 0 Å². The summed E-state index contributed by atoms with van der Waals surface area (Å²) in [5, 5.41) is 6.57. The number of carbonyl (C=O) groups is 2. The zero-order valence-corrected chi connectivity index (χ0v) is 19.5. The molecule has 174 valence electrons. The van der Waals surface area contributed by atoms with Crippen LogP contribution in [0.1, 0.15) is 52.2 Å². The summed E-state index contributed by atoms with van der Waals surface area (Å²) in [4.78, 5) is 35.8. The molecular formula is C21H36N6O4. The molecule has 31 heavy (non-hydrogen) atoms. The quantitative estimate of drug-likeness (QED) is 0.516. The van der Waals surface area contributed by atoms with Gasteiger partial charge in [-0.2, -0.15) is 0 Å². The molecule has 1 aliphatic heterocycles. The number of guanidine groups is 1. The van der Waals surface area contributed by atoms with Crippen molar-refractivity contribution in [3.05, 3.63) is 17.8 Å². The van der Waals surface area contributed by atoms with E-state index in [0.29, 0.717) is 38.1 Å². The Kier molecular flexibility index (Phi) is 8.70. The molecule has 0 unspecified atom stereocenters. The van der Waals surface area contributed by atoms with Crippen molar-refractivity contribution in [3.8, 4) is 0 Å². The third-order valence-electron chi connectivity index (χ3n) is 4.93. The smallest absolute Gasteiger partial charge is 0.409 e. The number of piperidine rings is 1. The Hall–Kier alpha value is -2.78. The average molecular weight is 437 g/mol. The molecule has 0 radical (unpaired) electrons. The van der Waals surface area contributed by atoms with Gasteiger partial charge < -0.3 is 29.6 Å². The Morgan fingerprint density at radius 2 is 2.00 bits per heavy atom. The zero-order valence-electron chi connectivity index (χ0n) is 19.5. The Bertz CT molecular complexity index is 760. The fraction of sp³-hybridized carbons (Fsp3) is 0.714. The van der Waals surface area contributed by atoms with E-state index in [-0.39, 0.29) is 30.0 Å². The van der Waals surface area contributed by atoms with Crippen LogP contribution in [0, 0.1) is 0 Å². The normalized spacial score (nSPS) is 15.5. The highest BCUT2D eigenvalue weighted by Gasteiger charge is 2.24. The lowest BCUT2D eigenvalue weighted by molar-refractivity contribution is -0.127. The summed E-state index contributed by atoms with van der Waals surface area (Å²) in [6, 6.07) is 0.126. The number of aromatic nitrogens is 1. The van der Waals surface area contributed by atoms with Crippen LogP contribution in [0.25, 0.3) is 0 Å². The predicted molar refractivity (Wildman–Crippen MR) is 118 cm³/mol. The average Bonchev–Trinajstić information content (AvgIpc) is 3.20. The summed E-state index contributed by atoms with van der Waals surface area (Å²) in [6.45, 7) is 9.95. The van der Waals surface area contributed by atoms with Crippen LogP contribution in [0.15, 0.2) is 15.6 Å². The standard InChI is InChI=1S/C21H36N6O4/c1-7-30-20(29)27-10-8-15(9-11-27)25-19(24-14-18(28)26(5)6)23-13-17-22-12-16(31-17)21(2,3)4/h12,15H,7-11,13-14H2,1-6H3,(H2,23,24,25). The highest BCUT2D eigenvalue weighted by molar-refractivity contribution is 5.84. The summed E-state index contributed by atoms with van der Waals surface area (Å²) in [6.07, 6.45) is 2.98. The molecule has 2 heterocycles. The molecule has 1 aromatic rings. The summed E-state index contributed by atoms with van der Waals surface area (Å²) in [5.41, 5.74) is -0.120. The van der Waals surface area contributed by atoms with Crippen molar-refractivity contribution in [2.24, 2.45) is 4.99 Å². The van der Waals surface area contributed by atoms with Crippen LogP contribution in [0.4, 0.5) is 4.79 Å².